The molecule has 0 radical (unpaired) electrons. The molecule has 10 aromatic carbocycles. The van der Waals surface area contributed by atoms with E-state index in [1.807, 2.05) is 0 Å². The summed E-state index contributed by atoms with van der Waals surface area (Å²) in [6, 6.07) is 57.3. The van der Waals surface area contributed by atoms with Gasteiger partial charge in [-0.3, -0.25) is 0 Å². The van der Waals surface area contributed by atoms with Crippen LogP contribution in [-0.2, 0) is 0 Å². The first-order chi connectivity index (χ1) is 37.2. The lowest BCUT2D eigenvalue weighted by molar-refractivity contribution is 0.487. The molecular weight excluding hydrogens is 932 g/mol. The zero-order chi connectivity index (χ0) is 52.3. The molecule has 0 saturated heterocycles. The van der Waals surface area contributed by atoms with Gasteiger partial charge in [-0.1, -0.05) is 106 Å². The highest BCUT2D eigenvalue weighted by molar-refractivity contribution is 7.02. The van der Waals surface area contributed by atoms with E-state index in [1.165, 1.54) is 177 Å². The Labute approximate surface area is 451 Å². The first kappa shape index (κ1) is 44.8. The largest absolute Gasteiger partial charge is 0.458 e. The van der Waals surface area contributed by atoms with Crippen molar-refractivity contribution in [3.8, 4) is 45.1 Å². The normalized spacial score (nSPS) is 13.4. The van der Waals surface area contributed by atoms with E-state index in [0.717, 1.165) is 22.9 Å². The Hall–Kier alpha value is -8.47. The lowest BCUT2D eigenvalue weighted by atomic mass is 9.31. The van der Waals surface area contributed by atoms with Gasteiger partial charge in [0.05, 0.1) is 11.0 Å². The number of hydrogen-bond acceptors (Lipinski definition) is 2. The van der Waals surface area contributed by atoms with Gasteiger partial charge < -0.3 is 18.8 Å². The zero-order valence-electron chi connectivity index (χ0n) is 45.8. The van der Waals surface area contributed by atoms with E-state index in [4.69, 9.17) is 4.74 Å². The summed E-state index contributed by atoms with van der Waals surface area (Å²) < 4.78 is 12.9. The van der Waals surface area contributed by atoms with Gasteiger partial charge in [0, 0.05) is 67.1 Å². The van der Waals surface area contributed by atoms with Crippen molar-refractivity contribution in [1.82, 2.24) is 9.13 Å². The van der Waals surface area contributed by atoms with Crippen LogP contribution in [0.15, 0.2) is 146 Å². The van der Waals surface area contributed by atoms with Crippen LogP contribution in [0.1, 0.15) is 61.2 Å². The molecule has 0 N–H and O–H groups in total. The molecule has 0 aliphatic carbocycles. The molecule has 12 aromatic rings. The summed E-state index contributed by atoms with van der Waals surface area (Å²) in [5.41, 5.74) is 37.8. The minimum Gasteiger partial charge on any atom is -0.458 e. The van der Waals surface area contributed by atoms with Crippen molar-refractivity contribution in [2.45, 2.75) is 76.2 Å². The molecular formula is C71H57B2N3O. The number of anilines is 3. The topological polar surface area (TPSA) is 22.3 Å². The maximum absolute atomic E-state index is 7.68. The summed E-state index contributed by atoms with van der Waals surface area (Å²) >= 11 is 0. The van der Waals surface area contributed by atoms with Crippen molar-refractivity contribution in [2.75, 3.05) is 4.90 Å². The van der Waals surface area contributed by atoms with Crippen LogP contribution < -0.4 is 42.4 Å². The van der Waals surface area contributed by atoms with Crippen molar-refractivity contribution in [3.05, 3.63) is 207 Å². The molecule has 4 aliphatic heterocycles. The number of aryl methyl sites for hydroxylation is 11. The molecule has 0 saturated carbocycles. The van der Waals surface area contributed by atoms with Crippen molar-refractivity contribution in [2.24, 2.45) is 0 Å². The van der Waals surface area contributed by atoms with Gasteiger partial charge in [-0.25, -0.2) is 0 Å². The van der Waals surface area contributed by atoms with Gasteiger partial charge in [-0.2, -0.15) is 0 Å². The lowest BCUT2D eigenvalue weighted by Crippen LogP contribution is -2.63. The summed E-state index contributed by atoms with van der Waals surface area (Å²) in [7, 11) is 0. The Morgan fingerprint density at radius 1 is 0.325 bits per heavy atom. The number of hydrogen-bond donors (Lipinski definition) is 0. The standard InChI is InChI=1S/C71H57B2N3O/c1-36-12-16-49(17-13-36)74-60-35-64-55(73-57-29-42(7)27-53-51-25-38(3)15-19-59(51)76(71(53)57)63-32-48(33-65(77-64)69(63)73)67-45(10)22-40(5)23-46(67)11)34-54(60)72-56-28-41(6)26-52-50-24-37(2)14-18-58(50)75(70(52)56)62-31-47(30-61(74)68(62)72)66-43(8)20-39(4)21-44(66)9/h12-35H,1-11H3. The Balaban J connectivity index is 1.05. The molecule has 0 atom stereocenters. The molecule has 16 rings (SSSR count). The number of nitrogens with zero attached hydrogens (tertiary/aromatic N) is 3. The highest BCUT2D eigenvalue weighted by atomic mass is 16.5. The van der Waals surface area contributed by atoms with Gasteiger partial charge in [0.1, 0.15) is 11.5 Å². The molecule has 6 heteroatoms. The highest BCUT2D eigenvalue weighted by Crippen LogP contribution is 2.48. The fraction of sp³-hybridized carbons (Fsp3) is 0.155. The summed E-state index contributed by atoms with van der Waals surface area (Å²) in [6.45, 7) is 24.6. The monoisotopic (exact) mass is 989 g/mol. The van der Waals surface area contributed by atoms with E-state index in [9.17, 15) is 0 Å². The first-order valence-corrected chi connectivity index (χ1v) is 27.5. The van der Waals surface area contributed by atoms with Crippen LogP contribution in [0.3, 0.4) is 0 Å². The fourth-order valence-corrected chi connectivity index (χ4v) is 15.4. The van der Waals surface area contributed by atoms with Gasteiger partial charge in [0.2, 0.25) is 0 Å². The third-order valence-electron chi connectivity index (χ3n) is 18.0. The molecule has 77 heavy (non-hydrogen) atoms. The molecule has 6 heterocycles. The maximum atomic E-state index is 7.68. The first-order valence-electron chi connectivity index (χ1n) is 27.5. The van der Waals surface area contributed by atoms with Crippen LogP contribution >= 0.6 is 0 Å². The summed E-state index contributed by atoms with van der Waals surface area (Å²) in [4.78, 5) is 2.58. The van der Waals surface area contributed by atoms with Crippen LogP contribution in [0, 0.1) is 76.2 Å². The Kier molecular flexibility index (Phi) is 8.93. The maximum Gasteiger partial charge on any atom is 0.256 e. The summed E-state index contributed by atoms with van der Waals surface area (Å²) in [5.74, 6) is 1.84. The zero-order valence-corrected chi connectivity index (χ0v) is 45.8. The van der Waals surface area contributed by atoms with Crippen molar-refractivity contribution in [1.29, 1.82) is 0 Å². The van der Waals surface area contributed by atoms with E-state index in [2.05, 4.69) is 236 Å². The molecule has 4 nitrogen and oxygen atoms in total. The Bertz CT molecular complexity index is 4690. The predicted octanol–water partition coefficient (Wildman–Crippen LogP) is 14.2. The minimum absolute atomic E-state index is 0.0668. The molecule has 2 aromatic heterocycles. The summed E-state index contributed by atoms with van der Waals surface area (Å²) in [6.07, 6.45) is 0. The number of aromatic nitrogens is 2. The van der Waals surface area contributed by atoms with Crippen LogP contribution in [0.2, 0.25) is 0 Å². The van der Waals surface area contributed by atoms with Gasteiger partial charge in [-0.15, -0.1) is 0 Å². The SMILES string of the molecule is Cc1ccc(N2c3cc4c(cc3B3c5c2cc(-c2c(C)cc(C)cc2C)cc5-n2c5ccc(C)cc5c5cc(C)cc3c52)B2c3c(cc(-c5c(C)cc(C)cc5C)cc3-n3c5ccc(C)cc5c5cc(C)cc2c53)O4)cc1. The Morgan fingerprint density at radius 3 is 1.32 bits per heavy atom. The summed E-state index contributed by atoms with van der Waals surface area (Å²) in [5, 5.41) is 5.22. The van der Waals surface area contributed by atoms with E-state index in [-0.39, 0.29) is 13.4 Å². The quantitative estimate of drug-likeness (QED) is 0.165. The van der Waals surface area contributed by atoms with Gasteiger partial charge >= 0.3 is 0 Å². The number of ether oxygens (including phenoxy) is 1. The molecule has 368 valence electrons. The van der Waals surface area contributed by atoms with Crippen LogP contribution in [-0.4, -0.2) is 22.6 Å². The molecule has 0 bridgehead atoms. The van der Waals surface area contributed by atoms with E-state index in [0.29, 0.717) is 0 Å². The van der Waals surface area contributed by atoms with Crippen molar-refractivity contribution in [3.63, 3.8) is 0 Å². The predicted molar refractivity (Wildman–Crippen MR) is 329 cm³/mol. The molecule has 0 unspecified atom stereocenters. The third kappa shape index (κ3) is 6.02. The smallest absolute Gasteiger partial charge is 0.256 e. The van der Waals surface area contributed by atoms with Crippen molar-refractivity contribution < 1.29 is 4.74 Å². The van der Waals surface area contributed by atoms with Crippen LogP contribution in [0.5, 0.6) is 11.5 Å². The van der Waals surface area contributed by atoms with Crippen molar-refractivity contribution >= 4 is 107 Å². The number of rotatable bonds is 3. The number of fused-ring (bicyclic) bond motifs is 14. The molecule has 4 aliphatic rings. The van der Waals surface area contributed by atoms with E-state index >= 15 is 0 Å². The van der Waals surface area contributed by atoms with Crippen LogP contribution in [0.4, 0.5) is 17.1 Å². The second-order valence-electron chi connectivity index (χ2n) is 23.7. The van der Waals surface area contributed by atoms with E-state index < -0.39 is 0 Å². The lowest BCUT2D eigenvalue weighted by Gasteiger charge is -2.42. The Morgan fingerprint density at radius 2 is 0.779 bits per heavy atom. The second-order valence-corrected chi connectivity index (χ2v) is 23.7. The van der Waals surface area contributed by atoms with Gasteiger partial charge in [-0.05, 0) is 226 Å². The van der Waals surface area contributed by atoms with E-state index in [1.54, 1.807) is 0 Å². The minimum atomic E-state index is -0.0808. The third-order valence-corrected chi connectivity index (χ3v) is 18.0. The average molecular weight is 990 g/mol. The highest BCUT2D eigenvalue weighted by Gasteiger charge is 2.47. The second kappa shape index (κ2) is 15.4. The van der Waals surface area contributed by atoms with Crippen LogP contribution in [0.25, 0.3) is 77.2 Å². The molecule has 0 amide bonds. The number of benzene rings is 10. The fourth-order valence-electron chi connectivity index (χ4n) is 15.4. The van der Waals surface area contributed by atoms with Gasteiger partial charge in [0.15, 0.2) is 0 Å². The average Bonchev–Trinajstić information content (AvgIpc) is 3.99. The molecule has 0 fully saturated rings. The molecule has 0 spiro atoms. The van der Waals surface area contributed by atoms with Gasteiger partial charge in [0.25, 0.3) is 13.4 Å².